The highest BCUT2D eigenvalue weighted by molar-refractivity contribution is 6.42. The van der Waals surface area contributed by atoms with Gasteiger partial charge in [0.15, 0.2) is 0 Å². The van der Waals surface area contributed by atoms with Gasteiger partial charge in [0.2, 0.25) is 5.95 Å². The number of hydrogen-bond acceptors (Lipinski definition) is 2. The zero-order valence-corrected chi connectivity index (χ0v) is 14.4. The first-order chi connectivity index (χ1) is 12.0. The lowest BCUT2D eigenvalue weighted by Gasteiger charge is -2.38. The molecule has 8 heteroatoms. The summed E-state index contributed by atoms with van der Waals surface area (Å²) < 4.78 is 28.2. The fourth-order valence-corrected chi connectivity index (χ4v) is 3.96. The number of halogens is 4. The van der Waals surface area contributed by atoms with Gasteiger partial charge in [-0.1, -0.05) is 23.2 Å². The number of aromatic nitrogens is 1. The van der Waals surface area contributed by atoms with E-state index in [1.165, 1.54) is 17.2 Å². The molecule has 0 radical (unpaired) electrons. The molecule has 1 fully saturated rings. The van der Waals surface area contributed by atoms with Crippen molar-refractivity contribution in [3.63, 3.8) is 0 Å². The zero-order chi connectivity index (χ0) is 17.7. The van der Waals surface area contributed by atoms with E-state index in [0.29, 0.717) is 39.7 Å². The minimum Gasteiger partial charge on any atom is -0.311 e. The van der Waals surface area contributed by atoms with E-state index in [9.17, 15) is 13.6 Å². The van der Waals surface area contributed by atoms with Crippen molar-refractivity contribution < 1.29 is 13.6 Å². The Morgan fingerprint density at radius 3 is 2.76 bits per heavy atom. The molecule has 4 nitrogen and oxygen atoms in total. The Balaban J connectivity index is 1.63. The lowest BCUT2D eigenvalue weighted by atomic mass is 9.94. The zero-order valence-electron chi connectivity index (χ0n) is 12.8. The van der Waals surface area contributed by atoms with Crippen LogP contribution in [0.5, 0.6) is 0 Å². The third-order valence-electron chi connectivity index (χ3n) is 4.76. The monoisotopic (exact) mass is 383 g/mol. The molecule has 1 aromatic heterocycles. The summed E-state index contributed by atoms with van der Waals surface area (Å²) in [5.74, 6) is -0.713. The van der Waals surface area contributed by atoms with Gasteiger partial charge in [0.05, 0.1) is 22.1 Å². The van der Waals surface area contributed by atoms with Gasteiger partial charge in [-0.25, -0.2) is 14.2 Å². The van der Waals surface area contributed by atoms with Gasteiger partial charge in [0, 0.05) is 11.9 Å². The van der Waals surface area contributed by atoms with Crippen molar-refractivity contribution in [3.05, 3.63) is 57.6 Å². The molecular formula is C17H13Cl2F2N3O. The molecule has 3 atom stereocenters. The predicted molar refractivity (Wildman–Crippen MR) is 91.1 cm³/mol. The Labute approximate surface area is 152 Å². The van der Waals surface area contributed by atoms with Crippen LogP contribution in [0, 0.1) is 5.95 Å². The molecule has 25 heavy (non-hydrogen) atoms. The number of hydrogen-bond donors (Lipinski definition) is 1. The van der Waals surface area contributed by atoms with Crippen molar-refractivity contribution in [3.8, 4) is 0 Å². The second kappa shape index (κ2) is 6.11. The number of fused-ring (bicyclic) bond motifs is 4. The van der Waals surface area contributed by atoms with Crippen molar-refractivity contribution in [1.82, 2.24) is 9.88 Å². The van der Waals surface area contributed by atoms with E-state index in [-0.39, 0.29) is 6.04 Å². The van der Waals surface area contributed by atoms with Gasteiger partial charge in [0.25, 0.3) is 0 Å². The van der Waals surface area contributed by atoms with Crippen LogP contribution in [-0.2, 0) is 0 Å². The van der Waals surface area contributed by atoms with Crippen LogP contribution < -0.4 is 5.32 Å². The van der Waals surface area contributed by atoms with Crippen LogP contribution in [0.3, 0.4) is 0 Å². The van der Waals surface area contributed by atoms with Gasteiger partial charge >= 0.3 is 6.03 Å². The number of carbonyl (C=O) groups excluding carboxylic acids is 1. The average molecular weight is 384 g/mol. The molecule has 0 aliphatic carbocycles. The van der Waals surface area contributed by atoms with Crippen LogP contribution in [0.2, 0.25) is 10.0 Å². The SMILES string of the molecule is O=C(Nc1ccc(Cl)c(Cl)c1)N1[C@@H]2CC[C@H]1[C@@H](F)c1cc(F)ncc12. The first-order valence-corrected chi connectivity index (χ1v) is 8.55. The summed E-state index contributed by atoms with van der Waals surface area (Å²) in [5.41, 5.74) is 1.32. The summed E-state index contributed by atoms with van der Waals surface area (Å²) in [6, 6.07) is 4.49. The molecule has 2 aliphatic rings. The Morgan fingerprint density at radius 1 is 1.20 bits per heavy atom. The molecule has 2 bridgehead atoms. The molecule has 2 aromatic rings. The maximum atomic E-state index is 14.9. The molecule has 4 rings (SSSR count). The lowest BCUT2D eigenvalue weighted by molar-refractivity contribution is 0.123. The van der Waals surface area contributed by atoms with Crippen molar-refractivity contribution in [2.45, 2.75) is 31.1 Å². The fourth-order valence-electron chi connectivity index (χ4n) is 3.66. The van der Waals surface area contributed by atoms with Gasteiger partial charge < -0.3 is 10.2 Å². The highest BCUT2D eigenvalue weighted by Gasteiger charge is 2.48. The number of anilines is 1. The predicted octanol–water partition coefficient (Wildman–Crippen LogP) is 5.29. The van der Waals surface area contributed by atoms with Crippen LogP contribution in [0.25, 0.3) is 0 Å². The van der Waals surface area contributed by atoms with E-state index in [4.69, 9.17) is 23.2 Å². The average Bonchev–Trinajstić information content (AvgIpc) is 2.96. The highest BCUT2D eigenvalue weighted by Crippen LogP contribution is 2.49. The number of rotatable bonds is 1. The normalized spacial score (nSPS) is 24.2. The number of alkyl halides is 1. The Kier molecular flexibility index (Phi) is 4.04. The van der Waals surface area contributed by atoms with Crippen molar-refractivity contribution in [2.24, 2.45) is 0 Å². The van der Waals surface area contributed by atoms with Crippen molar-refractivity contribution >= 4 is 34.9 Å². The second-order valence-corrected chi connectivity index (χ2v) is 6.98. The van der Waals surface area contributed by atoms with Crippen LogP contribution >= 0.6 is 23.2 Å². The number of nitrogens with zero attached hydrogens (tertiary/aromatic N) is 2. The number of nitrogens with one attached hydrogen (secondary N) is 1. The van der Waals surface area contributed by atoms with Gasteiger partial charge in [-0.05, 0) is 48.2 Å². The molecule has 1 N–H and O–H groups in total. The summed E-state index contributed by atoms with van der Waals surface area (Å²) in [4.78, 5) is 17.8. The number of benzene rings is 1. The van der Waals surface area contributed by atoms with Gasteiger partial charge in [-0.15, -0.1) is 0 Å². The molecule has 3 heterocycles. The Hall–Kier alpha value is -1.92. The van der Waals surface area contributed by atoms with Gasteiger partial charge in [-0.2, -0.15) is 4.39 Å². The topological polar surface area (TPSA) is 45.2 Å². The van der Waals surface area contributed by atoms with Crippen LogP contribution in [0.4, 0.5) is 19.3 Å². The molecule has 0 unspecified atom stereocenters. The van der Waals surface area contributed by atoms with E-state index < -0.39 is 24.2 Å². The molecule has 0 spiro atoms. The molecule has 2 aliphatic heterocycles. The van der Waals surface area contributed by atoms with Gasteiger partial charge in [-0.3, -0.25) is 0 Å². The largest absolute Gasteiger partial charge is 0.322 e. The molecular weight excluding hydrogens is 371 g/mol. The third-order valence-corrected chi connectivity index (χ3v) is 5.50. The minimum absolute atomic E-state index is 0.290. The second-order valence-electron chi connectivity index (χ2n) is 6.16. The lowest BCUT2D eigenvalue weighted by Crippen LogP contribution is -2.45. The van der Waals surface area contributed by atoms with E-state index in [2.05, 4.69) is 10.3 Å². The standard InChI is InChI=1S/C17H13Cl2F2N3O/c18-11-2-1-8(5-12(11)19)23-17(25)24-13-3-4-14(24)16(21)9-6-15(20)22-7-10(9)13/h1-2,5-7,13-14,16H,3-4H2,(H,23,25)/t13-,14+,16+/m1/s1. The quantitative estimate of drug-likeness (QED) is 0.680. The maximum absolute atomic E-state index is 14.9. The van der Waals surface area contributed by atoms with Crippen LogP contribution in [-0.4, -0.2) is 22.0 Å². The van der Waals surface area contributed by atoms with E-state index >= 15 is 0 Å². The first kappa shape index (κ1) is 16.5. The Bertz CT molecular complexity index is 864. The van der Waals surface area contributed by atoms with Gasteiger partial charge in [0.1, 0.15) is 6.17 Å². The summed E-state index contributed by atoms with van der Waals surface area (Å²) in [7, 11) is 0. The summed E-state index contributed by atoms with van der Waals surface area (Å²) in [6.45, 7) is 0. The molecule has 130 valence electrons. The molecule has 1 aromatic carbocycles. The number of urea groups is 1. The molecule has 2 amide bonds. The van der Waals surface area contributed by atoms with Crippen LogP contribution in [0.15, 0.2) is 30.5 Å². The van der Waals surface area contributed by atoms with E-state index in [1.807, 2.05) is 0 Å². The molecule has 0 saturated carbocycles. The summed E-state index contributed by atoms with van der Waals surface area (Å²) >= 11 is 11.8. The van der Waals surface area contributed by atoms with E-state index in [0.717, 1.165) is 6.07 Å². The third kappa shape index (κ3) is 2.73. The van der Waals surface area contributed by atoms with E-state index in [1.54, 1.807) is 12.1 Å². The van der Waals surface area contributed by atoms with Crippen molar-refractivity contribution in [1.29, 1.82) is 0 Å². The first-order valence-electron chi connectivity index (χ1n) is 7.79. The Morgan fingerprint density at radius 2 is 2.00 bits per heavy atom. The maximum Gasteiger partial charge on any atom is 0.322 e. The summed E-state index contributed by atoms with van der Waals surface area (Å²) in [5, 5.41) is 3.42. The number of pyridine rings is 1. The smallest absolute Gasteiger partial charge is 0.311 e. The number of carbonyl (C=O) groups is 1. The highest BCUT2D eigenvalue weighted by atomic mass is 35.5. The molecule has 1 saturated heterocycles. The van der Waals surface area contributed by atoms with Crippen molar-refractivity contribution in [2.75, 3.05) is 5.32 Å². The number of amides is 2. The fraction of sp³-hybridized carbons (Fsp3) is 0.294. The summed E-state index contributed by atoms with van der Waals surface area (Å²) in [6.07, 6.45) is 1.01. The van der Waals surface area contributed by atoms with Crippen LogP contribution in [0.1, 0.15) is 36.2 Å². The minimum atomic E-state index is -1.44.